The molecule has 6 heteroatoms. The number of nitrogens with zero attached hydrogens (tertiary/aromatic N) is 4. The Morgan fingerprint density at radius 1 is 0.882 bits per heavy atom. The van der Waals surface area contributed by atoms with E-state index in [0.717, 1.165) is 75.8 Å². The van der Waals surface area contributed by atoms with Crippen LogP contribution in [-0.2, 0) is 4.74 Å². The highest BCUT2D eigenvalue weighted by atomic mass is 35.5. The highest BCUT2D eigenvalue weighted by molar-refractivity contribution is 6.33. The Labute approximate surface area is 203 Å². The molecule has 0 N–H and O–H groups in total. The summed E-state index contributed by atoms with van der Waals surface area (Å²) in [7, 11) is 0. The number of fused-ring (bicyclic) bond motifs is 3. The fraction of sp³-hybridized carbons (Fsp3) is 0.214. The molecule has 0 bridgehead atoms. The van der Waals surface area contributed by atoms with Crippen molar-refractivity contribution >= 4 is 39.1 Å². The lowest BCUT2D eigenvalue weighted by Gasteiger charge is -2.29. The number of aromatic nitrogens is 3. The third-order valence-corrected chi connectivity index (χ3v) is 7.02. The molecule has 1 fully saturated rings. The Bertz CT molecular complexity index is 1540. The van der Waals surface area contributed by atoms with Crippen LogP contribution in [0.5, 0.6) is 0 Å². The summed E-state index contributed by atoms with van der Waals surface area (Å²) in [6.45, 7) is 7.40. The molecular weight excluding hydrogens is 444 g/mol. The van der Waals surface area contributed by atoms with E-state index >= 15 is 0 Å². The Kier molecular flexibility index (Phi) is 5.24. The zero-order valence-corrected chi connectivity index (χ0v) is 20.0. The molecule has 5 aromatic rings. The number of morpholine rings is 1. The Hall–Kier alpha value is -3.41. The van der Waals surface area contributed by atoms with Crippen molar-refractivity contribution in [2.24, 2.45) is 0 Å². The van der Waals surface area contributed by atoms with Crippen molar-refractivity contribution in [3.05, 3.63) is 83.0 Å². The minimum absolute atomic E-state index is 0.724. The van der Waals surface area contributed by atoms with Crippen LogP contribution in [0.15, 0.2) is 66.9 Å². The summed E-state index contributed by atoms with van der Waals surface area (Å²) in [4.78, 5) is 7.01. The van der Waals surface area contributed by atoms with Gasteiger partial charge in [-0.3, -0.25) is 4.98 Å². The fourth-order valence-corrected chi connectivity index (χ4v) is 5.00. The molecule has 0 amide bonds. The number of rotatable bonds is 3. The molecule has 170 valence electrons. The van der Waals surface area contributed by atoms with Crippen molar-refractivity contribution in [3.8, 4) is 16.9 Å². The van der Waals surface area contributed by atoms with Crippen LogP contribution in [0.3, 0.4) is 0 Å². The number of anilines is 1. The van der Waals surface area contributed by atoms with Crippen LogP contribution in [0, 0.1) is 13.8 Å². The van der Waals surface area contributed by atoms with Crippen molar-refractivity contribution in [1.29, 1.82) is 0 Å². The SMILES string of the molecule is Cc1ccc(-n2nc(-c3ccc(N4CCOCC4)c(Cl)c3)c3cnc4ccccc4c32)cc1C. The van der Waals surface area contributed by atoms with Crippen molar-refractivity contribution in [2.75, 3.05) is 31.2 Å². The van der Waals surface area contributed by atoms with E-state index < -0.39 is 0 Å². The molecule has 0 radical (unpaired) electrons. The summed E-state index contributed by atoms with van der Waals surface area (Å²) in [5, 5.41) is 7.93. The molecule has 0 aliphatic carbocycles. The van der Waals surface area contributed by atoms with Crippen molar-refractivity contribution in [2.45, 2.75) is 13.8 Å². The van der Waals surface area contributed by atoms with Crippen molar-refractivity contribution < 1.29 is 4.74 Å². The second kappa shape index (κ2) is 8.42. The molecule has 5 nitrogen and oxygen atoms in total. The number of ether oxygens (including phenoxy) is 1. The molecule has 0 unspecified atom stereocenters. The van der Waals surface area contributed by atoms with E-state index in [4.69, 9.17) is 26.4 Å². The third-order valence-electron chi connectivity index (χ3n) is 6.72. The number of hydrogen-bond donors (Lipinski definition) is 0. The lowest BCUT2D eigenvalue weighted by molar-refractivity contribution is 0.122. The van der Waals surface area contributed by atoms with Gasteiger partial charge in [0, 0.05) is 35.6 Å². The maximum absolute atomic E-state index is 6.79. The van der Waals surface area contributed by atoms with Crippen LogP contribution in [0.1, 0.15) is 11.1 Å². The number of aryl methyl sites for hydroxylation is 2. The summed E-state index contributed by atoms with van der Waals surface area (Å²) in [5.74, 6) is 0. The molecule has 2 aromatic heterocycles. The monoisotopic (exact) mass is 468 g/mol. The van der Waals surface area contributed by atoms with E-state index in [2.05, 4.69) is 61.2 Å². The fourth-order valence-electron chi connectivity index (χ4n) is 4.70. The topological polar surface area (TPSA) is 43.2 Å². The molecular formula is C28H25ClN4O. The van der Waals surface area contributed by atoms with Gasteiger partial charge in [0.25, 0.3) is 0 Å². The number of pyridine rings is 1. The first-order chi connectivity index (χ1) is 16.6. The van der Waals surface area contributed by atoms with Gasteiger partial charge >= 0.3 is 0 Å². The maximum atomic E-state index is 6.79. The molecule has 0 atom stereocenters. The molecule has 1 aliphatic rings. The lowest BCUT2D eigenvalue weighted by Crippen LogP contribution is -2.36. The zero-order valence-electron chi connectivity index (χ0n) is 19.3. The Balaban J connectivity index is 1.56. The van der Waals surface area contributed by atoms with Crippen LogP contribution in [-0.4, -0.2) is 41.1 Å². The Morgan fingerprint density at radius 3 is 2.50 bits per heavy atom. The molecule has 0 saturated carbocycles. The van der Waals surface area contributed by atoms with Gasteiger partial charge in [0.05, 0.1) is 40.6 Å². The van der Waals surface area contributed by atoms with Crippen LogP contribution < -0.4 is 4.90 Å². The average Bonchev–Trinajstić information content (AvgIpc) is 3.26. The molecule has 3 aromatic carbocycles. The number of benzene rings is 3. The summed E-state index contributed by atoms with van der Waals surface area (Å²) < 4.78 is 7.54. The highest BCUT2D eigenvalue weighted by Crippen LogP contribution is 2.37. The van der Waals surface area contributed by atoms with E-state index in [-0.39, 0.29) is 0 Å². The van der Waals surface area contributed by atoms with E-state index in [0.29, 0.717) is 0 Å². The van der Waals surface area contributed by atoms with Crippen molar-refractivity contribution in [1.82, 2.24) is 14.8 Å². The standard InChI is InChI=1S/C28H25ClN4O/c1-18-7-9-21(15-19(18)2)33-28-22-5-3-4-6-25(22)30-17-23(28)27(31-33)20-8-10-26(24(29)16-20)32-11-13-34-14-12-32/h3-10,15-17H,11-14H2,1-2H3. The minimum atomic E-state index is 0.724. The molecule has 1 aliphatic heterocycles. The predicted molar refractivity (Wildman–Crippen MR) is 139 cm³/mol. The zero-order chi connectivity index (χ0) is 23.2. The highest BCUT2D eigenvalue weighted by Gasteiger charge is 2.20. The van der Waals surface area contributed by atoms with Gasteiger partial charge < -0.3 is 9.64 Å². The molecule has 34 heavy (non-hydrogen) atoms. The maximum Gasteiger partial charge on any atom is 0.102 e. The van der Waals surface area contributed by atoms with Crippen LogP contribution in [0.2, 0.25) is 5.02 Å². The van der Waals surface area contributed by atoms with Gasteiger partial charge in [-0.1, -0.05) is 41.9 Å². The predicted octanol–water partition coefficient (Wildman–Crippen LogP) is 6.35. The van der Waals surface area contributed by atoms with Gasteiger partial charge in [0.1, 0.15) is 5.69 Å². The van der Waals surface area contributed by atoms with Gasteiger partial charge in [0.15, 0.2) is 0 Å². The smallest absolute Gasteiger partial charge is 0.102 e. The molecule has 1 saturated heterocycles. The Morgan fingerprint density at radius 2 is 1.71 bits per heavy atom. The first-order valence-electron chi connectivity index (χ1n) is 11.6. The lowest BCUT2D eigenvalue weighted by atomic mass is 10.1. The first-order valence-corrected chi connectivity index (χ1v) is 11.9. The number of para-hydroxylation sites is 1. The van der Waals surface area contributed by atoms with Crippen molar-refractivity contribution in [3.63, 3.8) is 0 Å². The summed E-state index contributed by atoms with van der Waals surface area (Å²) in [5.41, 5.74) is 8.43. The molecule has 0 spiro atoms. The average molecular weight is 469 g/mol. The van der Waals surface area contributed by atoms with Gasteiger partial charge in [-0.05, 0) is 55.3 Å². The first kappa shape index (κ1) is 21.1. The van der Waals surface area contributed by atoms with Crippen LogP contribution >= 0.6 is 11.6 Å². The normalized spacial score (nSPS) is 14.3. The van der Waals surface area contributed by atoms with Gasteiger partial charge in [-0.15, -0.1) is 0 Å². The quantitative estimate of drug-likeness (QED) is 0.309. The number of halogens is 1. The third kappa shape index (κ3) is 3.52. The van der Waals surface area contributed by atoms with Gasteiger partial charge in [-0.25, -0.2) is 4.68 Å². The van der Waals surface area contributed by atoms with Crippen LogP contribution in [0.25, 0.3) is 38.8 Å². The molecule has 3 heterocycles. The summed E-state index contributed by atoms with van der Waals surface area (Å²) >= 11 is 6.79. The van der Waals surface area contributed by atoms with E-state index in [1.807, 2.05) is 29.1 Å². The number of hydrogen-bond acceptors (Lipinski definition) is 4. The van der Waals surface area contributed by atoms with E-state index in [1.165, 1.54) is 11.1 Å². The summed E-state index contributed by atoms with van der Waals surface area (Å²) in [6, 6.07) is 20.9. The van der Waals surface area contributed by atoms with Gasteiger partial charge in [-0.2, -0.15) is 5.10 Å². The van der Waals surface area contributed by atoms with Gasteiger partial charge in [0.2, 0.25) is 0 Å². The minimum Gasteiger partial charge on any atom is -0.378 e. The van der Waals surface area contributed by atoms with E-state index in [1.54, 1.807) is 0 Å². The largest absolute Gasteiger partial charge is 0.378 e. The van der Waals surface area contributed by atoms with Crippen LogP contribution in [0.4, 0.5) is 5.69 Å². The second-order valence-electron chi connectivity index (χ2n) is 8.83. The van der Waals surface area contributed by atoms with E-state index in [9.17, 15) is 0 Å². The molecule has 6 rings (SSSR count). The second-order valence-corrected chi connectivity index (χ2v) is 9.24. The summed E-state index contributed by atoms with van der Waals surface area (Å²) in [6.07, 6.45) is 1.93.